The van der Waals surface area contributed by atoms with Crippen LogP contribution in [-0.4, -0.2) is 27.7 Å². The van der Waals surface area contributed by atoms with E-state index in [1.165, 1.54) is 18.3 Å². The fraction of sp³-hybridized carbons (Fsp3) is 0.318. The molecule has 5 rings (SSSR count). The van der Waals surface area contributed by atoms with Gasteiger partial charge in [0.05, 0.1) is 22.8 Å². The Bertz CT molecular complexity index is 1320. The average molecular weight is 428 g/mol. The summed E-state index contributed by atoms with van der Waals surface area (Å²) in [5.74, 6) is 4.72. The van der Waals surface area contributed by atoms with E-state index < -0.39 is 23.1 Å². The highest BCUT2D eigenvalue weighted by atomic mass is 19.4. The molecule has 3 heterocycles. The van der Waals surface area contributed by atoms with Crippen LogP contribution in [0.25, 0.3) is 10.9 Å². The lowest BCUT2D eigenvalue weighted by atomic mass is 9.97. The Hall–Kier alpha value is -3.41. The normalized spacial score (nSPS) is 17.1. The second kappa shape index (κ2) is 6.80. The summed E-state index contributed by atoms with van der Waals surface area (Å²) in [6.07, 6.45) is -0.140. The number of alkyl halides is 3. The highest BCUT2D eigenvalue weighted by Crippen LogP contribution is 2.57. The number of halogens is 4. The summed E-state index contributed by atoms with van der Waals surface area (Å²) in [6, 6.07) is 4.36. The van der Waals surface area contributed by atoms with E-state index >= 15 is 0 Å². The fourth-order valence-corrected chi connectivity index (χ4v) is 3.97. The van der Waals surface area contributed by atoms with Crippen molar-refractivity contribution in [3.05, 3.63) is 58.0 Å². The van der Waals surface area contributed by atoms with Gasteiger partial charge in [-0.3, -0.25) is 4.98 Å². The number of hydrogen-bond acceptors (Lipinski definition) is 4. The monoisotopic (exact) mass is 428 g/mol. The molecule has 5 nitrogen and oxygen atoms in total. The van der Waals surface area contributed by atoms with Crippen molar-refractivity contribution in [2.45, 2.75) is 31.9 Å². The molecule has 1 fully saturated rings. The zero-order valence-corrected chi connectivity index (χ0v) is 16.2. The molecule has 0 amide bonds. The van der Waals surface area contributed by atoms with Gasteiger partial charge in [0.2, 0.25) is 0 Å². The van der Waals surface area contributed by atoms with E-state index in [-0.39, 0.29) is 24.0 Å². The Morgan fingerprint density at radius 1 is 1.19 bits per heavy atom. The van der Waals surface area contributed by atoms with Crippen LogP contribution in [0.4, 0.5) is 29.1 Å². The molecule has 0 saturated heterocycles. The van der Waals surface area contributed by atoms with Gasteiger partial charge in [0.15, 0.2) is 5.82 Å². The minimum absolute atomic E-state index is 0.0000556. The molecule has 1 aromatic carbocycles. The number of benzene rings is 1. The smallest absolute Gasteiger partial charge is 0.324 e. The molecule has 2 aromatic heterocycles. The fourth-order valence-electron chi connectivity index (χ4n) is 3.97. The molecule has 1 aliphatic heterocycles. The molecular weight excluding hydrogens is 412 g/mol. The maximum atomic E-state index is 14.6. The lowest BCUT2D eigenvalue weighted by Crippen LogP contribution is -2.29. The van der Waals surface area contributed by atoms with Crippen molar-refractivity contribution >= 4 is 22.4 Å². The Morgan fingerprint density at radius 2 is 2.00 bits per heavy atom. The molecule has 0 atom stereocenters. The van der Waals surface area contributed by atoms with Gasteiger partial charge in [-0.25, -0.2) is 9.18 Å². The van der Waals surface area contributed by atoms with Crippen LogP contribution in [-0.2, 0) is 6.42 Å². The van der Waals surface area contributed by atoms with Crippen LogP contribution in [0.1, 0.15) is 30.4 Å². The topological polar surface area (TPSA) is 61.9 Å². The van der Waals surface area contributed by atoms with Crippen molar-refractivity contribution in [1.29, 1.82) is 0 Å². The molecule has 2 aliphatic rings. The number of aromatic nitrogens is 3. The number of hydrogen-bond donors (Lipinski definition) is 1. The molecule has 31 heavy (non-hydrogen) atoms. The molecule has 1 saturated carbocycles. The Balaban J connectivity index is 1.63. The number of nitrogens with one attached hydrogen (secondary N) is 1. The second-order valence-electron chi connectivity index (χ2n) is 7.80. The van der Waals surface area contributed by atoms with E-state index in [0.717, 1.165) is 5.56 Å². The molecular formula is C22H16F4N4O. The molecule has 0 bridgehead atoms. The standard InChI is InChI=1S/C22H16F4N4O/c23-15-4-1-5-16-18(15)19(29-20(31)28-16)30-10-2-3-14-13(11-27-12-17(14)30)6-7-21(8-9-21)22(24,25)26/h1,4-5,11-12H,2-3,8-10H2,(H,28,29,31). The predicted molar refractivity (Wildman–Crippen MR) is 106 cm³/mol. The molecule has 0 unspecified atom stereocenters. The highest BCUT2D eigenvalue weighted by Gasteiger charge is 2.62. The maximum absolute atomic E-state index is 14.6. The lowest BCUT2D eigenvalue weighted by Gasteiger charge is -2.31. The summed E-state index contributed by atoms with van der Waals surface area (Å²) in [4.78, 5) is 24.5. The first-order chi connectivity index (χ1) is 14.8. The lowest BCUT2D eigenvalue weighted by molar-refractivity contribution is -0.168. The van der Waals surface area contributed by atoms with Gasteiger partial charge in [-0.15, -0.1) is 0 Å². The number of H-pyrrole nitrogens is 1. The summed E-state index contributed by atoms with van der Waals surface area (Å²) < 4.78 is 54.4. The summed E-state index contributed by atoms with van der Waals surface area (Å²) in [5.41, 5.74) is -0.544. The predicted octanol–water partition coefficient (Wildman–Crippen LogP) is 4.24. The van der Waals surface area contributed by atoms with Crippen LogP contribution >= 0.6 is 0 Å². The van der Waals surface area contributed by atoms with Gasteiger partial charge in [-0.1, -0.05) is 17.9 Å². The molecule has 0 radical (unpaired) electrons. The Labute approximate surface area is 174 Å². The van der Waals surface area contributed by atoms with Gasteiger partial charge in [0.25, 0.3) is 0 Å². The number of rotatable bonds is 1. The summed E-state index contributed by atoms with van der Waals surface area (Å²) in [5, 5.41) is 0.167. The van der Waals surface area contributed by atoms with Crippen LogP contribution in [0.3, 0.4) is 0 Å². The van der Waals surface area contributed by atoms with Crippen LogP contribution in [0, 0.1) is 23.1 Å². The van der Waals surface area contributed by atoms with Gasteiger partial charge in [-0.05, 0) is 43.4 Å². The van der Waals surface area contributed by atoms with Crippen LogP contribution in [0.2, 0.25) is 0 Å². The van der Waals surface area contributed by atoms with Crippen molar-refractivity contribution in [3.63, 3.8) is 0 Å². The van der Waals surface area contributed by atoms with Gasteiger partial charge in [0.1, 0.15) is 11.2 Å². The number of nitrogens with zero attached hydrogens (tertiary/aromatic N) is 3. The number of aromatic amines is 1. The van der Waals surface area contributed by atoms with Gasteiger partial charge in [0, 0.05) is 18.3 Å². The van der Waals surface area contributed by atoms with Crippen molar-refractivity contribution in [2.24, 2.45) is 5.41 Å². The minimum Gasteiger partial charge on any atom is -0.324 e. The van der Waals surface area contributed by atoms with Crippen molar-refractivity contribution < 1.29 is 17.6 Å². The third-order valence-electron chi connectivity index (χ3n) is 5.81. The first-order valence-electron chi connectivity index (χ1n) is 9.82. The largest absolute Gasteiger partial charge is 0.405 e. The van der Waals surface area contributed by atoms with E-state index in [1.54, 1.807) is 17.2 Å². The molecule has 3 aromatic rings. The second-order valence-corrected chi connectivity index (χ2v) is 7.80. The van der Waals surface area contributed by atoms with Gasteiger partial charge < -0.3 is 9.88 Å². The zero-order valence-electron chi connectivity index (χ0n) is 16.2. The van der Waals surface area contributed by atoms with E-state index in [1.807, 2.05) is 0 Å². The van der Waals surface area contributed by atoms with Crippen LogP contribution < -0.4 is 10.6 Å². The quantitative estimate of drug-likeness (QED) is 0.465. The van der Waals surface area contributed by atoms with Crippen molar-refractivity contribution in [1.82, 2.24) is 15.0 Å². The average Bonchev–Trinajstić information content (AvgIpc) is 3.52. The molecule has 9 heteroatoms. The van der Waals surface area contributed by atoms with Crippen LogP contribution in [0.5, 0.6) is 0 Å². The highest BCUT2D eigenvalue weighted by molar-refractivity contribution is 5.92. The minimum atomic E-state index is -4.36. The Kier molecular flexibility index (Phi) is 4.29. The molecule has 158 valence electrons. The third-order valence-corrected chi connectivity index (χ3v) is 5.81. The first-order valence-corrected chi connectivity index (χ1v) is 9.82. The van der Waals surface area contributed by atoms with E-state index in [0.29, 0.717) is 36.2 Å². The van der Waals surface area contributed by atoms with Crippen molar-refractivity contribution in [3.8, 4) is 11.8 Å². The molecule has 0 spiro atoms. The van der Waals surface area contributed by atoms with Gasteiger partial charge in [-0.2, -0.15) is 18.2 Å². The zero-order chi connectivity index (χ0) is 21.8. The van der Waals surface area contributed by atoms with E-state index in [4.69, 9.17) is 0 Å². The maximum Gasteiger partial charge on any atom is 0.405 e. The van der Waals surface area contributed by atoms with E-state index in [9.17, 15) is 22.4 Å². The van der Waals surface area contributed by atoms with Crippen molar-refractivity contribution in [2.75, 3.05) is 11.4 Å². The van der Waals surface area contributed by atoms with Crippen LogP contribution in [0.15, 0.2) is 35.4 Å². The number of pyridine rings is 1. The third kappa shape index (κ3) is 3.23. The molecule has 1 aliphatic carbocycles. The number of fused-ring (bicyclic) bond motifs is 2. The summed E-state index contributed by atoms with van der Waals surface area (Å²) >= 11 is 0. The summed E-state index contributed by atoms with van der Waals surface area (Å²) in [6.45, 7) is 0.456. The van der Waals surface area contributed by atoms with E-state index in [2.05, 4.69) is 26.8 Å². The Morgan fingerprint density at radius 3 is 2.74 bits per heavy atom. The van der Waals surface area contributed by atoms with Gasteiger partial charge >= 0.3 is 11.9 Å². The first kappa shape index (κ1) is 19.5. The molecule has 1 N–H and O–H groups in total. The summed E-state index contributed by atoms with van der Waals surface area (Å²) in [7, 11) is 0. The number of anilines is 2. The SMILES string of the molecule is O=c1nc(N2CCCc3c(C#CC4(C(F)(F)F)CC4)cncc32)c2c(F)cccc2[nH]1.